The van der Waals surface area contributed by atoms with E-state index in [0.29, 0.717) is 18.1 Å². The van der Waals surface area contributed by atoms with E-state index in [1.807, 2.05) is 0 Å². The van der Waals surface area contributed by atoms with Gasteiger partial charge < -0.3 is 14.2 Å². The molecule has 1 aliphatic carbocycles. The highest BCUT2D eigenvalue weighted by Crippen LogP contribution is 2.45. The van der Waals surface area contributed by atoms with Crippen LogP contribution >= 0.6 is 0 Å². The van der Waals surface area contributed by atoms with Crippen molar-refractivity contribution in [2.75, 3.05) is 13.2 Å². The second-order valence-electron chi connectivity index (χ2n) is 4.75. The molecule has 3 nitrogen and oxygen atoms in total. The number of rotatable bonds is 6. The first-order chi connectivity index (χ1) is 7.75. The fraction of sp³-hybridized carbons (Fsp3) is 1.00. The lowest BCUT2D eigenvalue weighted by atomic mass is 9.83. The number of epoxide rings is 1. The van der Waals surface area contributed by atoms with Crippen molar-refractivity contribution in [2.24, 2.45) is 5.92 Å². The van der Waals surface area contributed by atoms with Gasteiger partial charge in [0.1, 0.15) is 0 Å². The topological polar surface area (TPSA) is 31.0 Å². The quantitative estimate of drug-likeness (QED) is 0.398. The molecule has 16 heavy (non-hydrogen) atoms. The van der Waals surface area contributed by atoms with Crippen LogP contribution in [0, 0.1) is 5.92 Å². The molecule has 1 aliphatic heterocycles. The van der Waals surface area contributed by atoms with Crippen LogP contribution in [0.5, 0.6) is 0 Å². The molecule has 1 saturated heterocycles. The predicted molar refractivity (Wildman–Crippen MR) is 66.7 cm³/mol. The lowest BCUT2D eigenvalue weighted by Gasteiger charge is -2.40. The summed E-state index contributed by atoms with van der Waals surface area (Å²) in [6.45, 7) is 5.61. The van der Waals surface area contributed by atoms with Gasteiger partial charge in [0.25, 0.3) is 0 Å². The molecule has 0 N–H and O–H groups in total. The molecule has 4 heteroatoms. The molecular formula is C12H24O3Si. The van der Waals surface area contributed by atoms with Gasteiger partial charge in [-0.2, -0.15) is 0 Å². The highest BCUT2D eigenvalue weighted by molar-refractivity contribution is 6.09. The smallest absolute Gasteiger partial charge is 0.167 e. The Hall–Kier alpha value is 0.0969. The Morgan fingerprint density at radius 2 is 1.88 bits per heavy atom. The van der Waals surface area contributed by atoms with Crippen LogP contribution in [0.15, 0.2) is 0 Å². The molecular weight excluding hydrogens is 220 g/mol. The van der Waals surface area contributed by atoms with Crippen LogP contribution in [-0.2, 0) is 14.2 Å². The Morgan fingerprint density at radius 1 is 1.19 bits per heavy atom. The van der Waals surface area contributed by atoms with Crippen molar-refractivity contribution >= 4 is 10.2 Å². The van der Waals surface area contributed by atoms with Gasteiger partial charge in [0.05, 0.1) is 12.2 Å². The minimum atomic E-state index is -0.299. The molecule has 0 aromatic rings. The SMILES string of the molecule is CCOC(C[SiH3])(OCC)C1CCC2OC2C1. The van der Waals surface area contributed by atoms with Crippen molar-refractivity contribution in [1.29, 1.82) is 0 Å². The third-order valence-corrected chi connectivity index (χ3v) is 4.88. The zero-order valence-corrected chi connectivity index (χ0v) is 12.7. The van der Waals surface area contributed by atoms with Crippen LogP contribution in [0.4, 0.5) is 0 Å². The highest BCUT2D eigenvalue weighted by Gasteiger charge is 2.50. The van der Waals surface area contributed by atoms with Crippen LogP contribution in [0.3, 0.4) is 0 Å². The molecule has 0 radical (unpaired) electrons. The van der Waals surface area contributed by atoms with Crippen molar-refractivity contribution in [1.82, 2.24) is 0 Å². The maximum Gasteiger partial charge on any atom is 0.167 e. The molecule has 0 aromatic heterocycles. The average molecular weight is 244 g/mol. The Balaban J connectivity index is 2.02. The number of hydrogen-bond acceptors (Lipinski definition) is 3. The Labute approximate surface area is 101 Å². The summed E-state index contributed by atoms with van der Waals surface area (Å²) in [5.74, 6) is 0.237. The second kappa shape index (κ2) is 5.17. The monoisotopic (exact) mass is 244 g/mol. The molecule has 3 unspecified atom stereocenters. The highest BCUT2D eigenvalue weighted by atomic mass is 28.1. The lowest BCUT2D eigenvalue weighted by Crippen LogP contribution is -2.45. The molecule has 0 spiro atoms. The van der Waals surface area contributed by atoms with Gasteiger partial charge in [-0.3, -0.25) is 0 Å². The molecule has 2 rings (SSSR count). The molecule has 2 aliphatic rings. The third-order valence-electron chi connectivity index (χ3n) is 3.90. The van der Waals surface area contributed by atoms with Crippen molar-refractivity contribution in [3.05, 3.63) is 0 Å². The number of hydrogen-bond donors (Lipinski definition) is 0. The van der Waals surface area contributed by atoms with E-state index in [1.54, 1.807) is 0 Å². The van der Waals surface area contributed by atoms with Gasteiger partial charge in [-0.1, -0.05) is 0 Å². The molecule has 0 aromatic carbocycles. The molecule has 94 valence electrons. The van der Waals surface area contributed by atoms with Crippen molar-refractivity contribution in [3.63, 3.8) is 0 Å². The summed E-state index contributed by atoms with van der Waals surface area (Å²) in [6.07, 6.45) is 4.59. The third kappa shape index (κ3) is 2.35. The summed E-state index contributed by atoms with van der Waals surface area (Å²) >= 11 is 0. The van der Waals surface area contributed by atoms with Crippen molar-refractivity contribution < 1.29 is 14.2 Å². The summed E-state index contributed by atoms with van der Waals surface area (Å²) in [6, 6.07) is 1.07. The summed E-state index contributed by atoms with van der Waals surface area (Å²) in [7, 11) is 1.12. The van der Waals surface area contributed by atoms with E-state index in [0.717, 1.165) is 35.9 Å². The number of ether oxygens (including phenoxy) is 3. The van der Waals surface area contributed by atoms with Crippen LogP contribution in [0.2, 0.25) is 6.04 Å². The van der Waals surface area contributed by atoms with Crippen LogP contribution < -0.4 is 0 Å². The molecule has 1 heterocycles. The van der Waals surface area contributed by atoms with E-state index in [4.69, 9.17) is 14.2 Å². The Bertz CT molecular complexity index is 228. The normalized spacial score (nSPS) is 33.8. The van der Waals surface area contributed by atoms with Gasteiger partial charge >= 0.3 is 0 Å². The van der Waals surface area contributed by atoms with E-state index in [9.17, 15) is 0 Å². The van der Waals surface area contributed by atoms with Gasteiger partial charge in [0.15, 0.2) is 5.79 Å². The minimum Gasteiger partial charge on any atom is -0.370 e. The average Bonchev–Trinajstić information content (AvgIpc) is 3.06. The van der Waals surface area contributed by atoms with E-state index < -0.39 is 0 Å². The zero-order valence-electron chi connectivity index (χ0n) is 10.7. The second-order valence-corrected chi connectivity index (χ2v) is 5.46. The predicted octanol–water partition coefficient (Wildman–Crippen LogP) is 1.11. The van der Waals surface area contributed by atoms with E-state index >= 15 is 0 Å². The maximum atomic E-state index is 5.98. The Morgan fingerprint density at radius 3 is 2.38 bits per heavy atom. The fourth-order valence-electron chi connectivity index (χ4n) is 3.06. The standard InChI is InChI=1S/C12H24O3Si/c1-3-13-12(8-16,14-4-2)9-5-6-10-11(7-9)15-10/h9-11H,3-8H2,1-2,16H3. The van der Waals surface area contributed by atoms with Gasteiger partial charge in [0.2, 0.25) is 0 Å². The fourth-order valence-corrected chi connectivity index (χ4v) is 4.05. The lowest BCUT2D eigenvalue weighted by molar-refractivity contribution is -0.254. The van der Waals surface area contributed by atoms with E-state index in [-0.39, 0.29) is 5.79 Å². The zero-order chi connectivity index (χ0) is 11.6. The molecule has 2 fully saturated rings. The molecule has 3 atom stereocenters. The van der Waals surface area contributed by atoms with Gasteiger partial charge in [-0.05, 0) is 39.2 Å². The van der Waals surface area contributed by atoms with Crippen LogP contribution in [-0.4, -0.2) is 41.5 Å². The number of fused-ring (bicyclic) bond motifs is 1. The van der Waals surface area contributed by atoms with Crippen molar-refractivity contribution in [2.45, 2.75) is 57.1 Å². The minimum absolute atomic E-state index is 0.299. The first-order valence-corrected chi connectivity index (χ1v) is 8.10. The van der Waals surface area contributed by atoms with Crippen LogP contribution in [0.1, 0.15) is 33.1 Å². The molecule has 0 bridgehead atoms. The van der Waals surface area contributed by atoms with E-state index in [2.05, 4.69) is 13.8 Å². The Kier molecular flexibility index (Phi) is 4.05. The first-order valence-electron chi connectivity index (χ1n) is 6.69. The summed E-state index contributed by atoms with van der Waals surface area (Å²) in [5.41, 5.74) is 0. The van der Waals surface area contributed by atoms with Crippen LogP contribution in [0.25, 0.3) is 0 Å². The summed E-state index contributed by atoms with van der Waals surface area (Å²) in [5, 5.41) is 0. The summed E-state index contributed by atoms with van der Waals surface area (Å²) < 4.78 is 17.6. The molecule has 0 amide bonds. The van der Waals surface area contributed by atoms with Gasteiger partial charge in [0, 0.05) is 29.4 Å². The molecule has 1 saturated carbocycles. The van der Waals surface area contributed by atoms with Crippen molar-refractivity contribution in [3.8, 4) is 0 Å². The van der Waals surface area contributed by atoms with E-state index in [1.165, 1.54) is 12.8 Å². The van der Waals surface area contributed by atoms with Gasteiger partial charge in [-0.25, -0.2) is 0 Å². The maximum absolute atomic E-state index is 5.98. The summed E-state index contributed by atoms with van der Waals surface area (Å²) in [4.78, 5) is 0. The first kappa shape index (κ1) is 12.6. The van der Waals surface area contributed by atoms with Gasteiger partial charge in [-0.15, -0.1) is 0 Å². The largest absolute Gasteiger partial charge is 0.370 e.